The molecule has 0 amide bonds. The normalized spacial score (nSPS) is 11.1. The van der Waals surface area contributed by atoms with E-state index in [2.05, 4.69) is 16.5 Å². The summed E-state index contributed by atoms with van der Waals surface area (Å²) >= 11 is 6.46. The average Bonchev–Trinajstić information content (AvgIpc) is 2.86. The van der Waals surface area contributed by atoms with Gasteiger partial charge in [-0.1, -0.05) is 79.4 Å². The zero-order valence-corrected chi connectivity index (χ0v) is 19.5. The number of halogens is 1. The van der Waals surface area contributed by atoms with Crippen LogP contribution in [0.15, 0.2) is 128 Å². The SMILES string of the molecule is C=C(/C=C\C=C/C)N(c1ccccc1)c1nc(Cl)nc(N(c2ccccc2)c2ccccc2)n1. The molecule has 0 aliphatic carbocycles. The molecule has 0 fully saturated rings. The summed E-state index contributed by atoms with van der Waals surface area (Å²) in [6.45, 7) is 6.21. The largest absolute Gasteiger partial charge is 0.280 e. The fourth-order valence-electron chi connectivity index (χ4n) is 3.40. The van der Waals surface area contributed by atoms with Gasteiger partial charge >= 0.3 is 0 Å². The van der Waals surface area contributed by atoms with Crippen LogP contribution in [0, 0.1) is 0 Å². The first-order chi connectivity index (χ1) is 16.7. The second-order valence-corrected chi connectivity index (χ2v) is 7.60. The molecule has 3 aromatic carbocycles. The van der Waals surface area contributed by atoms with Gasteiger partial charge in [-0.15, -0.1) is 0 Å². The molecule has 1 heterocycles. The van der Waals surface area contributed by atoms with Gasteiger partial charge in [0, 0.05) is 22.8 Å². The zero-order chi connectivity index (χ0) is 23.8. The van der Waals surface area contributed by atoms with Crippen LogP contribution < -0.4 is 9.80 Å². The number of allylic oxidation sites excluding steroid dienone is 4. The minimum absolute atomic E-state index is 0.0861. The van der Waals surface area contributed by atoms with Gasteiger partial charge in [-0.05, 0) is 61.0 Å². The Hall–Kier alpha value is -4.22. The number of aromatic nitrogens is 3. The van der Waals surface area contributed by atoms with E-state index in [-0.39, 0.29) is 5.28 Å². The molecule has 1 aromatic heterocycles. The number of para-hydroxylation sites is 3. The van der Waals surface area contributed by atoms with Crippen LogP contribution in [0.25, 0.3) is 0 Å². The Morgan fingerprint density at radius 2 is 1.21 bits per heavy atom. The van der Waals surface area contributed by atoms with Crippen molar-refractivity contribution >= 4 is 40.6 Å². The van der Waals surface area contributed by atoms with E-state index in [0.29, 0.717) is 17.6 Å². The monoisotopic (exact) mass is 465 g/mol. The second-order valence-electron chi connectivity index (χ2n) is 7.26. The molecule has 0 saturated heterocycles. The molecule has 0 aliphatic rings. The summed E-state index contributed by atoms with van der Waals surface area (Å²) < 4.78 is 0. The van der Waals surface area contributed by atoms with Gasteiger partial charge in [0.15, 0.2) is 0 Å². The molecule has 5 nitrogen and oxygen atoms in total. The summed E-state index contributed by atoms with van der Waals surface area (Å²) in [6.07, 6.45) is 7.71. The predicted octanol–water partition coefficient (Wildman–Crippen LogP) is 7.78. The fourth-order valence-corrected chi connectivity index (χ4v) is 3.55. The van der Waals surface area contributed by atoms with Crippen molar-refractivity contribution in [2.24, 2.45) is 0 Å². The molecular formula is C28H24ClN5. The van der Waals surface area contributed by atoms with Crippen LogP contribution in [0.1, 0.15) is 6.92 Å². The van der Waals surface area contributed by atoms with Gasteiger partial charge in [-0.2, -0.15) is 15.0 Å². The molecule has 34 heavy (non-hydrogen) atoms. The molecule has 0 radical (unpaired) electrons. The number of rotatable bonds is 8. The molecule has 0 atom stereocenters. The van der Waals surface area contributed by atoms with Gasteiger partial charge in [0.1, 0.15) is 0 Å². The first kappa shape index (κ1) is 23.0. The molecule has 0 aliphatic heterocycles. The minimum Gasteiger partial charge on any atom is -0.280 e. The fraction of sp³-hybridized carbons (Fsp3) is 0.0357. The summed E-state index contributed by atoms with van der Waals surface area (Å²) in [6, 6.07) is 29.6. The average molecular weight is 466 g/mol. The lowest BCUT2D eigenvalue weighted by Crippen LogP contribution is -2.20. The number of hydrogen-bond donors (Lipinski definition) is 0. The highest BCUT2D eigenvalue weighted by Gasteiger charge is 2.21. The van der Waals surface area contributed by atoms with E-state index in [1.54, 1.807) is 0 Å². The van der Waals surface area contributed by atoms with Gasteiger partial charge in [0.2, 0.25) is 17.2 Å². The second kappa shape index (κ2) is 11.1. The zero-order valence-electron chi connectivity index (χ0n) is 18.8. The highest BCUT2D eigenvalue weighted by Crippen LogP contribution is 2.34. The Morgan fingerprint density at radius 1 is 0.706 bits per heavy atom. The Balaban J connectivity index is 1.86. The summed E-state index contributed by atoms with van der Waals surface area (Å²) in [4.78, 5) is 17.6. The van der Waals surface area contributed by atoms with E-state index in [9.17, 15) is 0 Å². The Labute approximate surface area is 205 Å². The van der Waals surface area contributed by atoms with Crippen molar-refractivity contribution < 1.29 is 0 Å². The van der Waals surface area contributed by atoms with Crippen LogP contribution in [0.2, 0.25) is 5.28 Å². The molecule has 0 bridgehead atoms. The van der Waals surface area contributed by atoms with Crippen molar-refractivity contribution in [3.8, 4) is 0 Å². The molecule has 4 aromatic rings. The van der Waals surface area contributed by atoms with Crippen molar-refractivity contribution in [3.05, 3.63) is 133 Å². The quantitative estimate of drug-likeness (QED) is 0.248. The Kier molecular flexibility index (Phi) is 7.48. The summed E-state index contributed by atoms with van der Waals surface area (Å²) in [7, 11) is 0. The minimum atomic E-state index is 0.0861. The Morgan fingerprint density at radius 3 is 1.74 bits per heavy atom. The van der Waals surface area contributed by atoms with Gasteiger partial charge in [-0.25, -0.2) is 0 Å². The van der Waals surface area contributed by atoms with Crippen LogP contribution in [0.3, 0.4) is 0 Å². The van der Waals surface area contributed by atoms with E-state index >= 15 is 0 Å². The molecule has 6 heteroatoms. The summed E-state index contributed by atoms with van der Waals surface area (Å²) in [5, 5.41) is 0.0861. The maximum atomic E-state index is 6.46. The molecule has 0 saturated carbocycles. The van der Waals surface area contributed by atoms with Crippen LogP contribution in [0.4, 0.5) is 29.0 Å². The van der Waals surface area contributed by atoms with E-state index in [1.807, 2.05) is 132 Å². The molecular weight excluding hydrogens is 442 g/mol. The van der Waals surface area contributed by atoms with Crippen LogP contribution >= 0.6 is 11.6 Å². The van der Waals surface area contributed by atoms with Crippen molar-refractivity contribution in [2.45, 2.75) is 6.92 Å². The highest BCUT2D eigenvalue weighted by molar-refractivity contribution is 6.28. The first-order valence-electron chi connectivity index (χ1n) is 10.8. The highest BCUT2D eigenvalue weighted by atomic mass is 35.5. The Bertz CT molecular complexity index is 1250. The van der Waals surface area contributed by atoms with E-state index in [1.165, 1.54) is 0 Å². The van der Waals surface area contributed by atoms with Crippen molar-refractivity contribution in [1.82, 2.24) is 15.0 Å². The molecule has 168 valence electrons. The van der Waals surface area contributed by atoms with E-state index in [0.717, 1.165) is 17.1 Å². The lowest BCUT2D eigenvalue weighted by Gasteiger charge is -2.26. The molecule has 0 N–H and O–H groups in total. The van der Waals surface area contributed by atoms with E-state index < -0.39 is 0 Å². The van der Waals surface area contributed by atoms with Crippen LogP contribution in [0.5, 0.6) is 0 Å². The van der Waals surface area contributed by atoms with E-state index in [4.69, 9.17) is 16.6 Å². The first-order valence-corrected chi connectivity index (χ1v) is 11.2. The maximum absolute atomic E-state index is 6.46. The van der Waals surface area contributed by atoms with Gasteiger partial charge in [0.05, 0.1) is 0 Å². The third-order valence-electron chi connectivity index (χ3n) is 4.91. The summed E-state index contributed by atoms with van der Waals surface area (Å²) in [5.74, 6) is 0.770. The standard InChI is InChI=1S/C28H24ClN5/c1-3-4-8-15-22(2)33(23-16-9-5-10-17-23)27-30-26(29)31-28(32-27)34(24-18-11-6-12-19-24)25-20-13-7-14-21-25/h3-21H,2H2,1H3/b4-3-,15-8-. The van der Waals surface area contributed by atoms with Crippen molar-refractivity contribution in [2.75, 3.05) is 9.80 Å². The predicted molar refractivity (Wildman–Crippen MR) is 141 cm³/mol. The molecule has 0 spiro atoms. The van der Waals surface area contributed by atoms with Gasteiger partial charge < -0.3 is 0 Å². The van der Waals surface area contributed by atoms with Crippen molar-refractivity contribution in [3.63, 3.8) is 0 Å². The number of benzene rings is 3. The van der Waals surface area contributed by atoms with Crippen LogP contribution in [-0.2, 0) is 0 Å². The smallest absolute Gasteiger partial charge is 0.240 e. The lowest BCUT2D eigenvalue weighted by molar-refractivity contribution is 0.970. The number of nitrogens with zero attached hydrogens (tertiary/aromatic N) is 5. The molecule has 0 unspecified atom stereocenters. The van der Waals surface area contributed by atoms with Crippen LogP contribution in [-0.4, -0.2) is 15.0 Å². The van der Waals surface area contributed by atoms with Crippen molar-refractivity contribution in [1.29, 1.82) is 0 Å². The lowest BCUT2D eigenvalue weighted by atomic mass is 10.2. The van der Waals surface area contributed by atoms with Gasteiger partial charge in [0.25, 0.3) is 0 Å². The third-order valence-corrected chi connectivity index (χ3v) is 5.08. The molecule has 4 rings (SSSR count). The number of anilines is 5. The number of hydrogen-bond acceptors (Lipinski definition) is 5. The van der Waals surface area contributed by atoms with Gasteiger partial charge in [-0.3, -0.25) is 9.80 Å². The third kappa shape index (κ3) is 5.39. The topological polar surface area (TPSA) is 45.2 Å². The maximum Gasteiger partial charge on any atom is 0.240 e. The summed E-state index contributed by atoms with van der Waals surface area (Å²) in [5.41, 5.74) is 3.35.